The number of amides is 4. The molecule has 2 aliphatic rings. The second-order valence-corrected chi connectivity index (χ2v) is 7.04. The van der Waals surface area contributed by atoms with Crippen LogP contribution in [0.4, 0.5) is 4.79 Å². The van der Waals surface area contributed by atoms with Gasteiger partial charge in [0, 0.05) is 25.2 Å². The molecule has 1 atom stereocenters. The van der Waals surface area contributed by atoms with Gasteiger partial charge in [0.25, 0.3) is 5.91 Å². The van der Waals surface area contributed by atoms with Gasteiger partial charge in [-0.25, -0.2) is 4.79 Å². The molecule has 7 nitrogen and oxygen atoms in total. The van der Waals surface area contributed by atoms with Gasteiger partial charge in [-0.05, 0) is 31.5 Å². The van der Waals surface area contributed by atoms with Crippen molar-refractivity contribution in [3.63, 3.8) is 0 Å². The van der Waals surface area contributed by atoms with Crippen LogP contribution in [-0.2, 0) is 9.59 Å². The fourth-order valence-corrected chi connectivity index (χ4v) is 3.50. The Hall–Kier alpha value is -2.54. The summed E-state index contributed by atoms with van der Waals surface area (Å²) in [5.41, 5.74) is 1.96. The zero-order chi connectivity index (χ0) is 19.7. The van der Waals surface area contributed by atoms with Crippen LogP contribution in [0, 0.1) is 0 Å². The average molecular weight is 391 g/mol. The Kier molecular flexibility index (Phi) is 5.41. The number of likely N-dealkylation sites (N-methyl/N-ethyl adjacent to an activating group) is 2. The van der Waals surface area contributed by atoms with Crippen LogP contribution < -0.4 is 5.32 Å². The van der Waals surface area contributed by atoms with Crippen molar-refractivity contribution in [3.05, 3.63) is 46.1 Å². The maximum Gasteiger partial charge on any atom is 0.322 e. The highest BCUT2D eigenvalue weighted by atomic mass is 35.5. The number of rotatable bonds is 5. The molecule has 1 unspecified atom stereocenters. The van der Waals surface area contributed by atoms with E-state index in [1.807, 2.05) is 13.8 Å². The minimum atomic E-state index is -0.552. The number of carbonyl (C=O) groups excluding carboxylic acids is 3. The lowest BCUT2D eigenvalue weighted by atomic mass is 9.95. The third kappa shape index (κ3) is 3.51. The Morgan fingerprint density at radius 2 is 1.93 bits per heavy atom. The molecule has 8 heteroatoms. The Labute approximate surface area is 163 Å². The molecule has 3 rings (SSSR count). The molecule has 0 spiro atoms. The van der Waals surface area contributed by atoms with Crippen LogP contribution in [0.2, 0.25) is 5.02 Å². The molecule has 1 aromatic carbocycles. The first kappa shape index (κ1) is 19.2. The normalized spacial score (nSPS) is 19.3. The summed E-state index contributed by atoms with van der Waals surface area (Å²) in [6.07, 6.45) is 0. The lowest BCUT2D eigenvalue weighted by molar-refractivity contribution is -0.136. The third-order valence-electron chi connectivity index (χ3n) is 5.04. The van der Waals surface area contributed by atoms with Crippen molar-refractivity contribution >= 4 is 29.4 Å². The highest BCUT2D eigenvalue weighted by Gasteiger charge is 2.44. The molecule has 0 radical (unpaired) electrons. The van der Waals surface area contributed by atoms with Crippen LogP contribution >= 0.6 is 11.6 Å². The lowest BCUT2D eigenvalue weighted by Crippen LogP contribution is -2.47. The molecule has 2 heterocycles. The SMILES string of the molecule is CCN(C)C(=O)CN1CC2=C(C1=O)C(c1ccc(Cl)cc1)NC(=O)N2CC. The van der Waals surface area contributed by atoms with Gasteiger partial charge in [0.05, 0.1) is 23.9 Å². The largest absolute Gasteiger partial charge is 0.345 e. The number of urea groups is 1. The van der Waals surface area contributed by atoms with Gasteiger partial charge in [-0.15, -0.1) is 0 Å². The average Bonchev–Trinajstić information content (AvgIpc) is 2.97. The number of carbonyl (C=O) groups is 3. The Morgan fingerprint density at radius 1 is 1.26 bits per heavy atom. The smallest absolute Gasteiger partial charge is 0.322 e. The first-order chi connectivity index (χ1) is 12.9. The van der Waals surface area contributed by atoms with Crippen molar-refractivity contribution in [2.24, 2.45) is 0 Å². The van der Waals surface area contributed by atoms with Gasteiger partial charge in [-0.3, -0.25) is 14.5 Å². The molecule has 0 bridgehead atoms. The summed E-state index contributed by atoms with van der Waals surface area (Å²) in [6, 6.07) is 6.25. The molecule has 144 valence electrons. The summed E-state index contributed by atoms with van der Waals surface area (Å²) in [5, 5.41) is 3.49. The Bertz CT molecular complexity index is 806. The van der Waals surface area contributed by atoms with Crippen molar-refractivity contribution in [1.82, 2.24) is 20.0 Å². The van der Waals surface area contributed by atoms with E-state index in [-0.39, 0.29) is 30.9 Å². The standard InChI is InChI=1S/C19H23ClN4O3/c1-4-22(3)15(25)11-23-10-14-16(18(23)26)17(21-19(27)24(14)5-2)12-6-8-13(20)9-7-12/h6-9,17H,4-5,10-11H2,1-3H3,(H,21,27). The van der Waals surface area contributed by atoms with E-state index in [4.69, 9.17) is 11.6 Å². The van der Waals surface area contributed by atoms with Gasteiger partial charge >= 0.3 is 6.03 Å². The first-order valence-electron chi connectivity index (χ1n) is 8.97. The van der Waals surface area contributed by atoms with E-state index in [0.29, 0.717) is 29.4 Å². The summed E-state index contributed by atoms with van der Waals surface area (Å²) in [4.78, 5) is 42.6. The van der Waals surface area contributed by atoms with Crippen LogP contribution in [0.25, 0.3) is 0 Å². The summed E-state index contributed by atoms with van der Waals surface area (Å²) >= 11 is 5.96. The molecule has 27 heavy (non-hydrogen) atoms. The highest BCUT2D eigenvalue weighted by Crippen LogP contribution is 2.36. The van der Waals surface area contributed by atoms with Crippen molar-refractivity contribution < 1.29 is 14.4 Å². The second-order valence-electron chi connectivity index (χ2n) is 6.61. The quantitative estimate of drug-likeness (QED) is 0.835. The summed E-state index contributed by atoms with van der Waals surface area (Å²) in [5.74, 6) is -0.350. The van der Waals surface area contributed by atoms with Crippen molar-refractivity contribution in [3.8, 4) is 0 Å². The number of benzene rings is 1. The van der Waals surface area contributed by atoms with Crippen molar-refractivity contribution in [2.75, 3.05) is 33.2 Å². The molecule has 0 saturated carbocycles. The number of nitrogens with one attached hydrogen (secondary N) is 1. The van der Waals surface area contributed by atoms with Gasteiger partial charge in [0.2, 0.25) is 5.91 Å². The molecule has 1 aromatic rings. The van der Waals surface area contributed by atoms with Gasteiger partial charge in [-0.1, -0.05) is 23.7 Å². The van der Waals surface area contributed by atoms with E-state index >= 15 is 0 Å². The molecule has 0 aliphatic carbocycles. The first-order valence-corrected chi connectivity index (χ1v) is 9.34. The highest BCUT2D eigenvalue weighted by molar-refractivity contribution is 6.30. The molecule has 0 fully saturated rings. The van der Waals surface area contributed by atoms with Crippen LogP contribution in [0.5, 0.6) is 0 Å². The number of hydrogen-bond donors (Lipinski definition) is 1. The maximum absolute atomic E-state index is 13.1. The van der Waals surface area contributed by atoms with E-state index in [9.17, 15) is 14.4 Å². The van der Waals surface area contributed by atoms with Gasteiger partial charge in [0.1, 0.15) is 6.54 Å². The molecule has 2 aliphatic heterocycles. The van der Waals surface area contributed by atoms with Crippen LogP contribution in [0.15, 0.2) is 35.5 Å². The van der Waals surface area contributed by atoms with E-state index in [1.165, 1.54) is 4.90 Å². The van der Waals surface area contributed by atoms with Gasteiger partial charge < -0.3 is 15.1 Å². The minimum Gasteiger partial charge on any atom is -0.345 e. The Morgan fingerprint density at radius 3 is 2.52 bits per heavy atom. The van der Waals surface area contributed by atoms with E-state index in [2.05, 4.69) is 5.32 Å². The number of hydrogen-bond acceptors (Lipinski definition) is 3. The Balaban J connectivity index is 1.94. The molecule has 0 aromatic heterocycles. The molecule has 0 saturated heterocycles. The van der Waals surface area contributed by atoms with Crippen LogP contribution in [0.1, 0.15) is 25.5 Å². The van der Waals surface area contributed by atoms with Crippen LogP contribution in [0.3, 0.4) is 0 Å². The number of nitrogens with zero attached hydrogens (tertiary/aromatic N) is 3. The monoisotopic (exact) mass is 390 g/mol. The second kappa shape index (κ2) is 7.60. The summed E-state index contributed by atoms with van der Waals surface area (Å²) in [7, 11) is 1.70. The van der Waals surface area contributed by atoms with Gasteiger partial charge in [0.15, 0.2) is 0 Å². The summed E-state index contributed by atoms with van der Waals surface area (Å²) < 4.78 is 0. The minimum absolute atomic E-state index is 0.00471. The van der Waals surface area contributed by atoms with E-state index in [0.717, 1.165) is 5.56 Å². The predicted octanol–water partition coefficient (Wildman–Crippen LogP) is 2.00. The zero-order valence-electron chi connectivity index (χ0n) is 15.7. The predicted molar refractivity (Wildman–Crippen MR) is 102 cm³/mol. The summed E-state index contributed by atoms with van der Waals surface area (Å²) in [6.45, 7) is 5.00. The van der Waals surface area contributed by atoms with Crippen molar-refractivity contribution in [2.45, 2.75) is 19.9 Å². The number of halogens is 1. The van der Waals surface area contributed by atoms with E-state index < -0.39 is 6.04 Å². The van der Waals surface area contributed by atoms with Crippen LogP contribution in [-0.4, -0.2) is 65.8 Å². The van der Waals surface area contributed by atoms with Gasteiger partial charge in [-0.2, -0.15) is 0 Å². The molecule has 1 N–H and O–H groups in total. The lowest BCUT2D eigenvalue weighted by Gasteiger charge is -2.32. The van der Waals surface area contributed by atoms with Crippen molar-refractivity contribution in [1.29, 1.82) is 0 Å². The molecule has 4 amide bonds. The molecular formula is C19H23ClN4O3. The molecular weight excluding hydrogens is 368 g/mol. The topological polar surface area (TPSA) is 73.0 Å². The fourth-order valence-electron chi connectivity index (χ4n) is 3.38. The zero-order valence-corrected chi connectivity index (χ0v) is 16.4. The van der Waals surface area contributed by atoms with E-state index in [1.54, 1.807) is 41.1 Å². The maximum atomic E-state index is 13.1. The fraction of sp³-hybridized carbons (Fsp3) is 0.421. The third-order valence-corrected chi connectivity index (χ3v) is 5.29.